The van der Waals surface area contributed by atoms with Crippen molar-refractivity contribution >= 4 is 5.91 Å². The van der Waals surface area contributed by atoms with Gasteiger partial charge in [-0.15, -0.1) is 9.94 Å². The van der Waals surface area contributed by atoms with Crippen LogP contribution in [0.25, 0.3) is 0 Å². The van der Waals surface area contributed by atoms with Gasteiger partial charge >= 0.3 is 12.8 Å². The summed E-state index contributed by atoms with van der Waals surface area (Å²) in [7, 11) is 0. The smallest absolute Gasteiger partial charge is 0.419 e. The number of rotatable bonds is 5. The van der Waals surface area contributed by atoms with Crippen molar-refractivity contribution in [3.8, 4) is 17.2 Å². The van der Waals surface area contributed by atoms with Gasteiger partial charge in [-0.3, -0.25) is 4.79 Å². The Labute approximate surface area is 174 Å². The first-order chi connectivity index (χ1) is 15.0. The highest BCUT2D eigenvalue weighted by molar-refractivity contribution is 5.98. The van der Waals surface area contributed by atoms with Gasteiger partial charge in [0.15, 0.2) is 5.82 Å². The molecule has 0 fully saturated rings. The zero-order chi connectivity index (χ0) is 23.5. The van der Waals surface area contributed by atoms with Crippen LogP contribution in [0.1, 0.15) is 15.9 Å². The van der Waals surface area contributed by atoms with Crippen LogP contribution in [0.2, 0.25) is 0 Å². The molecule has 1 amide bonds. The lowest BCUT2D eigenvalue weighted by molar-refractivity contribution is -0.140. The average molecular weight is 459 g/mol. The van der Waals surface area contributed by atoms with Crippen molar-refractivity contribution in [2.75, 3.05) is 0 Å². The monoisotopic (exact) mass is 459 g/mol. The fourth-order valence-corrected chi connectivity index (χ4v) is 2.46. The molecule has 3 aromatic rings. The predicted octanol–water partition coefficient (Wildman–Crippen LogP) is 4.41. The minimum absolute atomic E-state index is 0.109. The molecular formula is C19H11F6N3O4. The molecule has 32 heavy (non-hydrogen) atoms. The van der Waals surface area contributed by atoms with Crippen LogP contribution < -0.4 is 14.8 Å². The number of carbonyl (C=O) groups is 1. The quantitative estimate of drug-likeness (QED) is 0.451. The molecule has 0 radical (unpaired) electrons. The molecule has 0 bridgehead atoms. The Morgan fingerprint density at radius 1 is 1.06 bits per heavy atom. The average Bonchev–Trinajstić information content (AvgIpc) is 2.70. The van der Waals surface area contributed by atoms with Gasteiger partial charge in [-0.1, -0.05) is 0 Å². The molecule has 0 aliphatic carbocycles. The van der Waals surface area contributed by atoms with E-state index < -0.39 is 41.4 Å². The highest BCUT2D eigenvalue weighted by Crippen LogP contribution is 2.37. The second-order valence-electron chi connectivity index (χ2n) is 5.97. The van der Waals surface area contributed by atoms with E-state index in [0.29, 0.717) is 10.9 Å². The molecule has 13 heteroatoms. The van der Waals surface area contributed by atoms with Gasteiger partial charge in [-0.25, -0.2) is 9.38 Å². The first-order valence-corrected chi connectivity index (χ1v) is 8.50. The lowest BCUT2D eigenvalue weighted by Gasteiger charge is -2.14. The molecule has 0 saturated heterocycles. The van der Waals surface area contributed by atoms with Crippen LogP contribution in [-0.4, -0.2) is 27.7 Å². The molecule has 0 aliphatic rings. The number of aromatic nitrogens is 2. The second-order valence-corrected chi connectivity index (χ2v) is 5.97. The highest BCUT2D eigenvalue weighted by Gasteiger charge is 2.37. The number of hydrogen-bond acceptors (Lipinski definition) is 5. The van der Waals surface area contributed by atoms with Crippen molar-refractivity contribution in [1.29, 1.82) is 0 Å². The summed E-state index contributed by atoms with van der Waals surface area (Å²) in [4.78, 5) is 16.4. The van der Waals surface area contributed by atoms with E-state index in [1.807, 2.05) is 0 Å². The van der Waals surface area contributed by atoms with Gasteiger partial charge < -0.3 is 14.7 Å². The van der Waals surface area contributed by atoms with E-state index in [-0.39, 0.29) is 16.9 Å². The molecule has 1 heterocycles. The molecule has 0 atom stereocenters. The fourth-order valence-electron chi connectivity index (χ4n) is 2.46. The zero-order valence-corrected chi connectivity index (χ0v) is 15.6. The maximum Gasteiger partial charge on any atom is 0.419 e. The molecule has 2 aromatic carbocycles. The molecule has 1 aromatic heterocycles. The molecule has 1 N–H and O–H groups in total. The minimum atomic E-state index is -5.11. The molecule has 168 valence electrons. The number of benzene rings is 2. The van der Waals surface area contributed by atoms with E-state index in [2.05, 4.69) is 14.8 Å². The summed E-state index contributed by atoms with van der Waals surface area (Å²) in [5.74, 6) is -4.27. The molecule has 0 saturated carbocycles. The van der Waals surface area contributed by atoms with Gasteiger partial charge in [0.05, 0.1) is 23.3 Å². The van der Waals surface area contributed by atoms with E-state index in [9.17, 15) is 31.1 Å². The van der Waals surface area contributed by atoms with E-state index in [1.54, 1.807) is 0 Å². The number of hydrogen-bond donors (Lipinski definition) is 1. The Hall–Kier alpha value is -4.03. The highest BCUT2D eigenvalue weighted by atomic mass is 19.4. The number of carbonyl (C=O) groups excluding carboxylic acids is 1. The van der Waals surface area contributed by atoms with Crippen molar-refractivity contribution in [1.82, 2.24) is 9.94 Å². The number of nitrogens with zero attached hydrogens (tertiary/aromatic N) is 3. The first kappa shape index (κ1) is 22.7. The van der Waals surface area contributed by atoms with Crippen LogP contribution in [0.4, 0.5) is 26.3 Å². The van der Waals surface area contributed by atoms with Crippen LogP contribution in [0, 0.1) is 5.82 Å². The van der Waals surface area contributed by atoms with E-state index in [1.165, 1.54) is 0 Å². The first-order valence-electron chi connectivity index (χ1n) is 8.50. The maximum atomic E-state index is 14.7. The Morgan fingerprint density at radius 2 is 1.72 bits per heavy atom. The number of ether oxygens (including phenoxy) is 2. The third-order valence-electron chi connectivity index (χ3n) is 3.82. The van der Waals surface area contributed by atoms with Crippen LogP contribution in [0.15, 0.2) is 59.9 Å². The third-order valence-corrected chi connectivity index (χ3v) is 3.82. The van der Waals surface area contributed by atoms with Gasteiger partial charge in [0.2, 0.25) is 0 Å². The standard InChI is InChI=1S/C19H11F6N3O4/c20-16-13(19(23,24)25)5-6-14(31-11-1-3-12(4-2-11)32-18(21)22)15(16)17(29)27-10-7-8-28(30)26-9-10/h1-9,18,30H. The summed E-state index contributed by atoms with van der Waals surface area (Å²) in [5, 5.41) is 12.3. The van der Waals surface area contributed by atoms with Crippen molar-refractivity contribution in [3.63, 3.8) is 0 Å². The van der Waals surface area contributed by atoms with Crippen molar-refractivity contribution in [2.24, 2.45) is 4.99 Å². The minimum Gasteiger partial charge on any atom is -0.456 e. The largest absolute Gasteiger partial charge is 0.456 e. The summed E-state index contributed by atoms with van der Waals surface area (Å²) in [6, 6.07) is 6.61. The SMILES string of the molecule is O=C(N=c1ccn(O)nc1)c1c(Oc2ccc(OC(F)F)cc2)ccc(C(F)(F)F)c1F. The topological polar surface area (TPSA) is 85.9 Å². The van der Waals surface area contributed by atoms with Gasteiger partial charge in [-0.05, 0) is 42.5 Å². The van der Waals surface area contributed by atoms with Crippen LogP contribution in [-0.2, 0) is 6.18 Å². The second kappa shape index (κ2) is 8.99. The van der Waals surface area contributed by atoms with Crippen molar-refractivity contribution in [3.05, 3.63) is 77.2 Å². The molecule has 7 nitrogen and oxygen atoms in total. The Bertz CT molecular complexity index is 1170. The Kier molecular flexibility index (Phi) is 6.37. The summed E-state index contributed by atoms with van der Waals surface area (Å²) in [5.41, 5.74) is -2.84. The molecule has 0 unspecified atom stereocenters. The third kappa shape index (κ3) is 5.36. The van der Waals surface area contributed by atoms with Gasteiger partial charge in [0, 0.05) is 0 Å². The number of amides is 1. The summed E-state index contributed by atoms with van der Waals surface area (Å²) in [6.07, 6.45) is -3.22. The zero-order valence-electron chi connectivity index (χ0n) is 15.6. The van der Waals surface area contributed by atoms with Gasteiger partial charge in [-0.2, -0.15) is 22.0 Å². The fraction of sp³-hybridized carbons (Fsp3) is 0.105. The van der Waals surface area contributed by atoms with E-state index >= 15 is 0 Å². The molecule has 3 rings (SSSR count). The lowest BCUT2D eigenvalue weighted by atomic mass is 10.1. The summed E-state index contributed by atoms with van der Waals surface area (Å²) in [6.45, 7) is -3.08. The molecule has 0 spiro atoms. The Balaban J connectivity index is 2.04. The summed E-state index contributed by atoms with van der Waals surface area (Å²) >= 11 is 0. The van der Waals surface area contributed by atoms with Crippen molar-refractivity contribution < 1.29 is 45.8 Å². The van der Waals surface area contributed by atoms with Crippen LogP contribution in [0.3, 0.4) is 0 Å². The van der Waals surface area contributed by atoms with Crippen LogP contribution >= 0.6 is 0 Å². The normalized spacial score (nSPS) is 12.2. The predicted molar refractivity (Wildman–Crippen MR) is 93.9 cm³/mol. The number of alkyl halides is 5. The maximum absolute atomic E-state index is 14.7. The van der Waals surface area contributed by atoms with Crippen molar-refractivity contribution in [2.45, 2.75) is 12.8 Å². The lowest BCUT2D eigenvalue weighted by Crippen LogP contribution is -2.15. The number of halogens is 6. The molecule has 0 aliphatic heterocycles. The summed E-state index contributed by atoms with van der Waals surface area (Å²) < 4.78 is 88.0. The van der Waals surface area contributed by atoms with Gasteiger partial charge in [0.25, 0.3) is 5.91 Å². The molecular weight excluding hydrogens is 448 g/mol. The van der Waals surface area contributed by atoms with E-state index in [0.717, 1.165) is 48.8 Å². The van der Waals surface area contributed by atoms with Crippen LogP contribution in [0.5, 0.6) is 17.2 Å². The van der Waals surface area contributed by atoms with Gasteiger partial charge in [0.1, 0.15) is 22.8 Å². The van der Waals surface area contributed by atoms with E-state index in [4.69, 9.17) is 9.94 Å². The Morgan fingerprint density at radius 3 is 2.28 bits per heavy atom.